The van der Waals surface area contributed by atoms with Crippen molar-refractivity contribution in [2.24, 2.45) is 5.73 Å². The largest absolute Gasteiger partial charge is 0.330 e. The van der Waals surface area contributed by atoms with Crippen molar-refractivity contribution in [2.75, 3.05) is 127 Å². The van der Waals surface area contributed by atoms with Gasteiger partial charge in [0.15, 0.2) is 0 Å². The van der Waals surface area contributed by atoms with E-state index in [1.54, 1.807) is 48.5 Å². The molecule has 0 atom stereocenters. The molecule has 2 aliphatic rings. The van der Waals surface area contributed by atoms with Crippen LogP contribution in [0.25, 0.3) is 0 Å². The quantitative estimate of drug-likeness (QED) is 0.162. The second-order valence-electron chi connectivity index (χ2n) is 14.5. The third-order valence-electron chi connectivity index (χ3n) is 8.75. The SMILES string of the molecule is CCCCN(C)C.CN(C)CCN(C)CCCN.CN(C)CCN(C)CCCN1C(=O)c2ccccc2C1=O.O=C1c2ccccc2C(=O)N1CCCBr. The second kappa shape index (κ2) is 27.5. The van der Waals surface area contributed by atoms with Crippen molar-refractivity contribution in [2.45, 2.75) is 39.0 Å². The molecule has 54 heavy (non-hydrogen) atoms. The minimum absolute atomic E-state index is 0.161. The Labute approximate surface area is 334 Å². The summed E-state index contributed by atoms with van der Waals surface area (Å²) in [4.78, 5) is 61.7. The molecule has 4 rings (SSSR count). The molecule has 2 heterocycles. The number of benzene rings is 2. The summed E-state index contributed by atoms with van der Waals surface area (Å²) in [5.41, 5.74) is 7.51. The van der Waals surface area contributed by atoms with Crippen LogP contribution in [0.1, 0.15) is 80.5 Å². The van der Waals surface area contributed by atoms with Crippen molar-refractivity contribution in [3.05, 3.63) is 70.8 Å². The van der Waals surface area contributed by atoms with E-state index in [0.29, 0.717) is 35.3 Å². The molecule has 0 bridgehead atoms. The Bertz CT molecular complexity index is 1340. The lowest BCUT2D eigenvalue weighted by Gasteiger charge is -2.20. The summed E-state index contributed by atoms with van der Waals surface area (Å²) in [5.74, 6) is -0.661. The summed E-state index contributed by atoms with van der Waals surface area (Å²) in [5, 5.41) is 0.792. The Hall–Kier alpha value is -3.04. The number of amides is 4. The molecule has 2 aromatic rings. The number of carbonyl (C=O) groups excluding carboxylic acids is 4. The lowest BCUT2D eigenvalue weighted by atomic mass is 10.1. The first-order chi connectivity index (χ1) is 25.7. The summed E-state index contributed by atoms with van der Waals surface area (Å²) < 4.78 is 0. The van der Waals surface area contributed by atoms with Gasteiger partial charge in [0, 0.05) is 44.6 Å². The van der Waals surface area contributed by atoms with Gasteiger partial charge in [0.05, 0.1) is 22.3 Å². The Morgan fingerprint density at radius 1 is 0.500 bits per heavy atom. The monoisotopic (exact) mass is 816 g/mol. The van der Waals surface area contributed by atoms with Crippen LogP contribution in [0.3, 0.4) is 0 Å². The Morgan fingerprint density at radius 3 is 1.15 bits per heavy atom. The summed E-state index contributed by atoms with van der Waals surface area (Å²) in [6.45, 7) is 11.4. The molecule has 0 fully saturated rings. The highest BCUT2D eigenvalue weighted by atomic mass is 79.9. The van der Waals surface area contributed by atoms with Crippen LogP contribution in [0.4, 0.5) is 0 Å². The molecule has 2 N–H and O–H groups in total. The van der Waals surface area contributed by atoms with Crippen molar-refractivity contribution in [3.8, 4) is 0 Å². The van der Waals surface area contributed by atoms with Crippen LogP contribution in [-0.2, 0) is 0 Å². The maximum atomic E-state index is 12.2. The Morgan fingerprint density at radius 2 is 0.852 bits per heavy atom. The number of alkyl halides is 1. The number of nitrogens with zero attached hydrogens (tertiary/aromatic N) is 7. The second-order valence-corrected chi connectivity index (χ2v) is 15.3. The zero-order valence-electron chi connectivity index (χ0n) is 34.7. The number of likely N-dealkylation sites (N-methyl/N-ethyl adjacent to an activating group) is 4. The van der Waals surface area contributed by atoms with Crippen molar-refractivity contribution in [3.63, 3.8) is 0 Å². The average molecular weight is 818 g/mol. The van der Waals surface area contributed by atoms with Crippen molar-refractivity contribution in [1.29, 1.82) is 0 Å². The fraction of sp³-hybridized carbons (Fsp3) is 0.610. The molecule has 0 radical (unpaired) electrons. The van der Waals surface area contributed by atoms with Crippen molar-refractivity contribution < 1.29 is 19.2 Å². The first-order valence-electron chi connectivity index (χ1n) is 19.2. The number of unbranched alkanes of at least 4 members (excludes halogenated alkanes) is 1. The minimum Gasteiger partial charge on any atom is -0.330 e. The molecular formula is C41H69BrN8O4. The van der Waals surface area contributed by atoms with E-state index in [9.17, 15) is 19.2 Å². The molecule has 12 nitrogen and oxygen atoms in total. The average Bonchev–Trinajstić information content (AvgIpc) is 3.54. The molecule has 0 aliphatic carbocycles. The molecule has 0 unspecified atom stereocenters. The van der Waals surface area contributed by atoms with Gasteiger partial charge >= 0.3 is 0 Å². The molecule has 2 aromatic carbocycles. The molecule has 4 amide bonds. The molecule has 304 valence electrons. The van der Waals surface area contributed by atoms with E-state index in [4.69, 9.17) is 5.73 Å². The van der Waals surface area contributed by atoms with E-state index in [-0.39, 0.29) is 23.6 Å². The number of fused-ring (bicyclic) bond motifs is 2. The molecule has 2 aliphatic heterocycles. The van der Waals surface area contributed by atoms with Gasteiger partial charge in [-0.15, -0.1) is 0 Å². The Balaban J connectivity index is 0.000000388. The van der Waals surface area contributed by atoms with Crippen LogP contribution < -0.4 is 5.73 Å². The third kappa shape index (κ3) is 18.1. The molecule has 13 heteroatoms. The molecule has 0 saturated carbocycles. The maximum Gasteiger partial charge on any atom is 0.261 e. The van der Waals surface area contributed by atoms with Crippen LogP contribution in [0, 0.1) is 0 Å². The first kappa shape index (κ1) is 49.0. The van der Waals surface area contributed by atoms with Gasteiger partial charge in [0.1, 0.15) is 0 Å². The zero-order valence-corrected chi connectivity index (χ0v) is 36.2. The van der Waals surface area contributed by atoms with Gasteiger partial charge in [-0.1, -0.05) is 53.5 Å². The third-order valence-corrected chi connectivity index (χ3v) is 9.31. The highest BCUT2D eigenvalue weighted by Gasteiger charge is 2.35. The summed E-state index contributed by atoms with van der Waals surface area (Å²) in [6.07, 6.45) is 5.32. The van der Waals surface area contributed by atoms with Gasteiger partial charge in [-0.05, 0) is 133 Å². The smallest absolute Gasteiger partial charge is 0.261 e. The minimum atomic E-state index is -0.170. The summed E-state index contributed by atoms with van der Waals surface area (Å²) >= 11 is 3.28. The Kier molecular flexibility index (Phi) is 25.0. The van der Waals surface area contributed by atoms with Crippen LogP contribution in [0.2, 0.25) is 0 Å². The molecule has 0 saturated heterocycles. The standard InChI is InChI=1S/C16H23N3O2.C11H10BrNO2.C8H21N3.C6H15N/c1-17(2)11-12-18(3)9-6-10-19-15(20)13-7-4-5-8-14(13)16(19)21;12-6-3-7-13-10(14)8-4-1-2-5-9(8)11(13)15;1-10(2)7-8-11(3)6-4-5-9;1-4-5-6-7(2)3/h4-5,7-8H,6,9-12H2,1-3H3;1-2,4-5H,3,6-7H2;4-9H2,1-3H3;4-6H2,1-3H3. The predicted octanol–water partition coefficient (Wildman–Crippen LogP) is 4.41. The summed E-state index contributed by atoms with van der Waals surface area (Å²) in [6, 6.07) is 14.0. The molecule has 0 aromatic heterocycles. The van der Waals surface area contributed by atoms with Gasteiger partial charge in [0.25, 0.3) is 23.6 Å². The van der Waals surface area contributed by atoms with Gasteiger partial charge in [-0.2, -0.15) is 0 Å². The number of hydrogen-bond acceptors (Lipinski definition) is 10. The van der Waals surface area contributed by atoms with Gasteiger partial charge in [0.2, 0.25) is 0 Å². The zero-order chi connectivity index (χ0) is 40.6. The lowest BCUT2D eigenvalue weighted by Crippen LogP contribution is -2.34. The van der Waals surface area contributed by atoms with Crippen molar-refractivity contribution >= 4 is 39.6 Å². The maximum absolute atomic E-state index is 12.2. The number of halogens is 1. The number of imide groups is 2. The van der Waals surface area contributed by atoms with E-state index in [0.717, 1.165) is 70.4 Å². The summed E-state index contributed by atoms with van der Waals surface area (Å²) in [7, 11) is 16.7. The molecule has 0 spiro atoms. The number of rotatable bonds is 19. The van der Waals surface area contributed by atoms with Gasteiger partial charge < -0.3 is 30.2 Å². The van der Waals surface area contributed by atoms with E-state index < -0.39 is 0 Å². The van der Waals surface area contributed by atoms with E-state index in [1.165, 1.54) is 29.2 Å². The van der Waals surface area contributed by atoms with Crippen LogP contribution in [-0.4, -0.2) is 185 Å². The van der Waals surface area contributed by atoms with E-state index >= 15 is 0 Å². The first-order valence-corrected chi connectivity index (χ1v) is 20.3. The van der Waals surface area contributed by atoms with Crippen LogP contribution >= 0.6 is 15.9 Å². The fourth-order valence-corrected chi connectivity index (χ4v) is 5.65. The number of nitrogens with two attached hydrogens (primary N) is 1. The number of hydrogen-bond donors (Lipinski definition) is 1. The number of carbonyl (C=O) groups is 4. The highest BCUT2D eigenvalue weighted by molar-refractivity contribution is 9.09. The van der Waals surface area contributed by atoms with Crippen molar-refractivity contribution in [1.82, 2.24) is 34.3 Å². The predicted molar refractivity (Wildman–Crippen MR) is 226 cm³/mol. The van der Waals surface area contributed by atoms with E-state index in [2.05, 4.69) is 89.6 Å². The lowest BCUT2D eigenvalue weighted by molar-refractivity contribution is 0.0636. The fourth-order valence-electron chi connectivity index (χ4n) is 5.40. The van der Waals surface area contributed by atoms with E-state index in [1.807, 2.05) is 14.1 Å². The van der Waals surface area contributed by atoms with Gasteiger partial charge in [-0.25, -0.2) is 0 Å². The molecular weight excluding hydrogens is 748 g/mol. The van der Waals surface area contributed by atoms with Crippen LogP contribution in [0.5, 0.6) is 0 Å². The highest BCUT2D eigenvalue weighted by Crippen LogP contribution is 2.23. The topological polar surface area (TPSA) is 117 Å². The van der Waals surface area contributed by atoms with Crippen LogP contribution in [0.15, 0.2) is 48.5 Å². The normalized spacial score (nSPS) is 13.3. The van der Waals surface area contributed by atoms with Gasteiger partial charge in [-0.3, -0.25) is 29.0 Å².